The van der Waals surface area contributed by atoms with Gasteiger partial charge in [0, 0.05) is 36.0 Å². The molecule has 0 fully saturated rings. The molecule has 1 aromatic heterocycles. The first-order valence-corrected chi connectivity index (χ1v) is 7.24. The van der Waals surface area contributed by atoms with E-state index >= 15 is 0 Å². The van der Waals surface area contributed by atoms with Crippen molar-refractivity contribution in [1.29, 1.82) is 0 Å². The fourth-order valence-electron chi connectivity index (χ4n) is 1.99. The van der Waals surface area contributed by atoms with Crippen LogP contribution in [0.4, 0.5) is 5.69 Å². The number of tetrazole rings is 1. The predicted molar refractivity (Wildman–Crippen MR) is 81.2 cm³/mol. The lowest BCUT2D eigenvalue weighted by Crippen LogP contribution is -2.05. The van der Waals surface area contributed by atoms with Crippen molar-refractivity contribution in [2.75, 3.05) is 19.5 Å². The second kappa shape index (κ2) is 6.81. The number of aromatic nitrogens is 4. The second-order valence-corrected chi connectivity index (χ2v) is 5.51. The summed E-state index contributed by atoms with van der Waals surface area (Å²) in [6.07, 6.45) is 1.95. The Kier molecular flexibility index (Phi) is 5.08. The molecule has 2 rings (SSSR count). The van der Waals surface area contributed by atoms with Crippen molar-refractivity contribution < 1.29 is 4.74 Å². The number of hydrogen-bond donors (Lipinski definition) is 1. The van der Waals surface area contributed by atoms with Crippen LogP contribution in [-0.2, 0) is 11.3 Å². The maximum atomic E-state index is 5.99. The summed E-state index contributed by atoms with van der Waals surface area (Å²) in [4.78, 5) is 0. The molecule has 108 valence electrons. The highest BCUT2D eigenvalue weighted by Gasteiger charge is 2.13. The zero-order valence-electron chi connectivity index (χ0n) is 11.6. The van der Waals surface area contributed by atoms with Crippen LogP contribution in [0, 0.1) is 6.92 Å². The molecule has 0 unspecified atom stereocenters. The van der Waals surface area contributed by atoms with Gasteiger partial charge >= 0.3 is 0 Å². The van der Waals surface area contributed by atoms with Gasteiger partial charge in [-0.3, -0.25) is 0 Å². The number of nitrogens with two attached hydrogens (primary N) is 1. The number of halogens is 1. The molecule has 0 saturated heterocycles. The van der Waals surface area contributed by atoms with E-state index in [1.54, 1.807) is 7.11 Å². The highest BCUT2D eigenvalue weighted by molar-refractivity contribution is 9.10. The van der Waals surface area contributed by atoms with Crippen molar-refractivity contribution in [3.63, 3.8) is 0 Å². The number of aryl methyl sites for hydroxylation is 1. The summed E-state index contributed by atoms with van der Waals surface area (Å²) in [5.41, 5.74) is 8.66. The van der Waals surface area contributed by atoms with Crippen LogP contribution in [0.5, 0.6) is 0 Å². The van der Waals surface area contributed by atoms with Gasteiger partial charge in [-0.1, -0.05) is 15.9 Å². The summed E-state index contributed by atoms with van der Waals surface area (Å²) in [6.45, 7) is 3.49. The van der Waals surface area contributed by atoms with E-state index < -0.39 is 0 Å². The van der Waals surface area contributed by atoms with E-state index in [-0.39, 0.29) is 0 Å². The van der Waals surface area contributed by atoms with Gasteiger partial charge in [-0.05, 0) is 47.9 Å². The lowest BCUT2D eigenvalue weighted by atomic mass is 10.1. The number of ether oxygens (including phenoxy) is 1. The van der Waals surface area contributed by atoms with E-state index in [2.05, 4.69) is 31.5 Å². The molecule has 1 heterocycles. The smallest absolute Gasteiger partial charge is 0.182 e. The molecule has 0 atom stereocenters. The predicted octanol–water partition coefficient (Wildman–Crippen LogP) is 2.42. The molecule has 1 aromatic carbocycles. The molecule has 0 saturated carbocycles. The first-order chi connectivity index (χ1) is 9.63. The Balaban J connectivity index is 2.23. The van der Waals surface area contributed by atoms with Crippen molar-refractivity contribution in [3.05, 3.63) is 22.2 Å². The number of unbranched alkanes of at least 4 members (excludes halogenated alkanes) is 1. The van der Waals surface area contributed by atoms with Gasteiger partial charge in [-0.25, -0.2) is 4.68 Å². The lowest BCUT2D eigenvalue weighted by molar-refractivity contribution is 0.191. The number of methoxy groups -OCH3 is 1. The third kappa shape index (κ3) is 3.34. The minimum absolute atomic E-state index is 0.725. The van der Waals surface area contributed by atoms with Gasteiger partial charge in [0.2, 0.25) is 0 Å². The molecule has 0 radical (unpaired) electrons. The highest BCUT2D eigenvalue weighted by Crippen LogP contribution is 2.29. The van der Waals surface area contributed by atoms with Crippen LogP contribution in [0.3, 0.4) is 0 Å². The number of hydrogen-bond acceptors (Lipinski definition) is 5. The molecule has 0 aliphatic rings. The van der Waals surface area contributed by atoms with Crippen molar-refractivity contribution in [1.82, 2.24) is 20.2 Å². The molecular formula is C13H18BrN5O. The summed E-state index contributed by atoms with van der Waals surface area (Å²) >= 11 is 3.46. The molecule has 2 aromatic rings. The standard InChI is InChI=1S/C13H18BrN5O/c1-9-11(7-10(14)8-12(9)15)13-16-17-18-19(13)5-3-4-6-20-2/h7-8H,3-6,15H2,1-2H3. The monoisotopic (exact) mass is 339 g/mol. The Morgan fingerprint density at radius 1 is 1.35 bits per heavy atom. The zero-order chi connectivity index (χ0) is 14.5. The van der Waals surface area contributed by atoms with Gasteiger partial charge in [-0.2, -0.15) is 0 Å². The van der Waals surface area contributed by atoms with Crippen LogP contribution in [0.25, 0.3) is 11.4 Å². The Hall–Kier alpha value is -1.47. The van der Waals surface area contributed by atoms with Crippen molar-refractivity contribution >= 4 is 21.6 Å². The van der Waals surface area contributed by atoms with Crippen molar-refractivity contribution in [3.8, 4) is 11.4 Å². The van der Waals surface area contributed by atoms with Crippen LogP contribution >= 0.6 is 15.9 Å². The fourth-order valence-corrected chi connectivity index (χ4v) is 2.46. The van der Waals surface area contributed by atoms with Gasteiger partial charge in [0.05, 0.1) is 0 Å². The van der Waals surface area contributed by atoms with Gasteiger partial charge in [0.1, 0.15) is 0 Å². The SMILES string of the molecule is COCCCCn1nnnc1-c1cc(Br)cc(N)c1C. The quantitative estimate of drug-likeness (QED) is 0.645. The van der Waals surface area contributed by atoms with E-state index in [4.69, 9.17) is 10.5 Å². The minimum Gasteiger partial charge on any atom is -0.398 e. The van der Waals surface area contributed by atoms with Gasteiger partial charge < -0.3 is 10.5 Å². The van der Waals surface area contributed by atoms with Crippen molar-refractivity contribution in [2.45, 2.75) is 26.3 Å². The third-order valence-electron chi connectivity index (χ3n) is 3.15. The molecule has 20 heavy (non-hydrogen) atoms. The maximum Gasteiger partial charge on any atom is 0.182 e. The van der Waals surface area contributed by atoms with E-state index in [9.17, 15) is 0 Å². The fraction of sp³-hybridized carbons (Fsp3) is 0.462. The summed E-state index contributed by atoms with van der Waals surface area (Å²) in [7, 11) is 1.70. The van der Waals surface area contributed by atoms with Gasteiger partial charge in [0.15, 0.2) is 5.82 Å². The lowest BCUT2D eigenvalue weighted by Gasteiger charge is -2.10. The number of benzene rings is 1. The normalized spacial score (nSPS) is 10.9. The summed E-state index contributed by atoms with van der Waals surface area (Å²) in [5.74, 6) is 0.743. The molecule has 0 bridgehead atoms. The Bertz CT molecular complexity index is 584. The molecule has 0 aliphatic carbocycles. The second-order valence-electron chi connectivity index (χ2n) is 4.59. The van der Waals surface area contributed by atoms with Crippen LogP contribution in [0.1, 0.15) is 18.4 Å². The summed E-state index contributed by atoms with van der Waals surface area (Å²) < 4.78 is 7.77. The van der Waals surface area contributed by atoms with E-state index in [0.29, 0.717) is 0 Å². The largest absolute Gasteiger partial charge is 0.398 e. The molecule has 0 amide bonds. The topological polar surface area (TPSA) is 78.8 Å². The molecule has 0 spiro atoms. The Morgan fingerprint density at radius 2 is 2.15 bits per heavy atom. The van der Waals surface area contributed by atoms with Crippen LogP contribution < -0.4 is 5.73 Å². The van der Waals surface area contributed by atoms with Crippen LogP contribution in [0.2, 0.25) is 0 Å². The minimum atomic E-state index is 0.725. The van der Waals surface area contributed by atoms with Gasteiger partial charge in [-0.15, -0.1) is 5.10 Å². The average Bonchev–Trinajstić information content (AvgIpc) is 2.87. The zero-order valence-corrected chi connectivity index (χ0v) is 13.2. The Morgan fingerprint density at radius 3 is 2.90 bits per heavy atom. The number of nitrogens with zero attached hydrogens (tertiary/aromatic N) is 4. The highest BCUT2D eigenvalue weighted by atomic mass is 79.9. The first kappa shape index (κ1) is 14.9. The molecule has 2 N–H and O–H groups in total. The van der Waals surface area contributed by atoms with E-state index in [1.807, 2.05) is 23.7 Å². The molecule has 6 nitrogen and oxygen atoms in total. The van der Waals surface area contributed by atoms with E-state index in [0.717, 1.165) is 53.1 Å². The van der Waals surface area contributed by atoms with Gasteiger partial charge in [0.25, 0.3) is 0 Å². The first-order valence-electron chi connectivity index (χ1n) is 6.44. The molecule has 0 aliphatic heterocycles. The van der Waals surface area contributed by atoms with E-state index in [1.165, 1.54) is 0 Å². The number of anilines is 1. The van der Waals surface area contributed by atoms with Crippen molar-refractivity contribution in [2.24, 2.45) is 0 Å². The maximum absolute atomic E-state index is 5.99. The Labute approximate surface area is 126 Å². The average molecular weight is 340 g/mol. The molecule has 7 heteroatoms. The van der Waals surface area contributed by atoms with Crippen LogP contribution in [-0.4, -0.2) is 33.9 Å². The molecular weight excluding hydrogens is 322 g/mol. The summed E-state index contributed by atoms with van der Waals surface area (Å²) in [6, 6.07) is 3.87. The van der Waals surface area contributed by atoms with Crippen LogP contribution in [0.15, 0.2) is 16.6 Å². The number of nitrogen functional groups attached to an aromatic ring is 1. The summed E-state index contributed by atoms with van der Waals surface area (Å²) in [5, 5.41) is 11.9. The third-order valence-corrected chi connectivity index (χ3v) is 3.61. The number of rotatable bonds is 6.